The number of aryl methyl sites for hydroxylation is 1. The molecule has 1 fully saturated rings. The van der Waals surface area contributed by atoms with Crippen LogP contribution >= 0.6 is 0 Å². The molecular formula is C16H18N4O4. The molecular weight excluding hydrogens is 312 g/mol. The van der Waals surface area contributed by atoms with Crippen molar-refractivity contribution in [2.24, 2.45) is 0 Å². The van der Waals surface area contributed by atoms with Gasteiger partial charge >= 0.3 is 5.97 Å². The molecule has 0 amide bonds. The standard InChI is InChI=1S/C16H18N4O4/c1-9-15-11(5-17)6-20(16(15)19-8-18-9)14-4-12(23-10(2)21)13(24-14)7-22-3/h6,8,12-14H,4,7H2,1-3H3. The van der Waals surface area contributed by atoms with Gasteiger partial charge in [0.2, 0.25) is 0 Å². The van der Waals surface area contributed by atoms with Crippen molar-refractivity contribution in [1.82, 2.24) is 14.5 Å². The second kappa shape index (κ2) is 6.55. The maximum Gasteiger partial charge on any atom is 0.302 e. The lowest BCUT2D eigenvalue weighted by Crippen LogP contribution is -2.30. The second-order valence-corrected chi connectivity index (χ2v) is 5.69. The summed E-state index contributed by atoms with van der Waals surface area (Å²) in [4.78, 5) is 19.8. The summed E-state index contributed by atoms with van der Waals surface area (Å²) in [5, 5.41) is 10.1. The van der Waals surface area contributed by atoms with E-state index in [4.69, 9.17) is 14.2 Å². The quantitative estimate of drug-likeness (QED) is 0.783. The first kappa shape index (κ1) is 16.4. The number of carbonyl (C=O) groups excluding carboxylic acids is 1. The summed E-state index contributed by atoms with van der Waals surface area (Å²) in [5.74, 6) is -0.362. The molecule has 0 saturated carbocycles. The highest BCUT2D eigenvalue weighted by Crippen LogP contribution is 2.34. The van der Waals surface area contributed by atoms with Crippen molar-refractivity contribution < 1.29 is 19.0 Å². The highest BCUT2D eigenvalue weighted by Gasteiger charge is 2.39. The van der Waals surface area contributed by atoms with Crippen molar-refractivity contribution in [1.29, 1.82) is 5.26 Å². The number of carbonyl (C=O) groups is 1. The molecule has 1 aliphatic rings. The van der Waals surface area contributed by atoms with Crippen molar-refractivity contribution >= 4 is 17.0 Å². The van der Waals surface area contributed by atoms with Crippen LogP contribution in [0.2, 0.25) is 0 Å². The normalized spacial score (nSPS) is 23.3. The van der Waals surface area contributed by atoms with Crippen LogP contribution in [0, 0.1) is 18.3 Å². The van der Waals surface area contributed by atoms with Crippen LogP contribution in [0.25, 0.3) is 11.0 Å². The van der Waals surface area contributed by atoms with E-state index in [2.05, 4.69) is 16.0 Å². The number of fused-ring (bicyclic) bond motifs is 1. The topological polar surface area (TPSA) is 99.3 Å². The molecule has 3 atom stereocenters. The van der Waals surface area contributed by atoms with Crippen molar-refractivity contribution in [3.8, 4) is 6.07 Å². The van der Waals surface area contributed by atoms with E-state index in [0.717, 1.165) is 5.69 Å². The summed E-state index contributed by atoms with van der Waals surface area (Å²) in [7, 11) is 1.57. The predicted octanol–water partition coefficient (Wildman–Crippen LogP) is 1.48. The molecule has 1 saturated heterocycles. The fourth-order valence-corrected chi connectivity index (χ4v) is 3.06. The minimum atomic E-state index is -0.404. The van der Waals surface area contributed by atoms with Crippen molar-refractivity contribution in [2.75, 3.05) is 13.7 Å². The molecule has 3 heterocycles. The van der Waals surface area contributed by atoms with E-state index in [-0.39, 0.29) is 12.1 Å². The van der Waals surface area contributed by atoms with Gasteiger partial charge in [0, 0.05) is 26.7 Å². The maximum absolute atomic E-state index is 11.3. The molecule has 0 N–H and O–H groups in total. The smallest absolute Gasteiger partial charge is 0.302 e. The van der Waals surface area contributed by atoms with Crippen molar-refractivity contribution in [2.45, 2.75) is 38.7 Å². The number of hydrogen-bond donors (Lipinski definition) is 0. The SMILES string of the molecule is COCC1OC(n2cc(C#N)c3c(C)ncnc32)CC1OC(C)=O. The van der Waals surface area contributed by atoms with Gasteiger partial charge in [0.1, 0.15) is 36.5 Å². The minimum Gasteiger partial charge on any atom is -0.460 e. The number of esters is 1. The molecule has 0 radical (unpaired) electrons. The third-order valence-electron chi connectivity index (χ3n) is 4.06. The zero-order valence-corrected chi connectivity index (χ0v) is 13.7. The number of hydrogen-bond acceptors (Lipinski definition) is 7. The third-order valence-corrected chi connectivity index (χ3v) is 4.06. The second-order valence-electron chi connectivity index (χ2n) is 5.69. The van der Waals surface area contributed by atoms with E-state index in [9.17, 15) is 10.1 Å². The average molecular weight is 330 g/mol. The van der Waals surface area contributed by atoms with E-state index in [1.807, 2.05) is 6.92 Å². The van der Waals surface area contributed by atoms with Crippen LogP contribution < -0.4 is 0 Å². The number of rotatable bonds is 4. The number of nitriles is 1. The van der Waals surface area contributed by atoms with Crippen molar-refractivity contribution in [3.63, 3.8) is 0 Å². The number of aromatic nitrogens is 3. The first-order chi connectivity index (χ1) is 11.5. The van der Waals surface area contributed by atoms with Gasteiger partial charge in [-0.05, 0) is 6.92 Å². The summed E-state index contributed by atoms with van der Waals surface area (Å²) < 4.78 is 18.3. The van der Waals surface area contributed by atoms with Gasteiger partial charge in [-0.1, -0.05) is 0 Å². The largest absolute Gasteiger partial charge is 0.460 e. The first-order valence-electron chi connectivity index (χ1n) is 7.59. The Labute approximate surface area is 139 Å². The Morgan fingerprint density at radius 1 is 1.54 bits per heavy atom. The fourth-order valence-electron chi connectivity index (χ4n) is 3.06. The summed E-state index contributed by atoms with van der Waals surface area (Å²) in [6, 6.07) is 2.17. The zero-order chi connectivity index (χ0) is 17.3. The Morgan fingerprint density at radius 2 is 2.33 bits per heavy atom. The van der Waals surface area contributed by atoms with Crippen LogP contribution in [-0.4, -0.2) is 46.4 Å². The van der Waals surface area contributed by atoms with E-state index in [0.29, 0.717) is 29.6 Å². The molecule has 0 spiro atoms. The van der Waals surface area contributed by atoms with E-state index in [1.54, 1.807) is 17.9 Å². The number of nitrogens with zero attached hydrogens (tertiary/aromatic N) is 4. The Kier molecular flexibility index (Phi) is 4.46. The summed E-state index contributed by atoms with van der Waals surface area (Å²) in [6.07, 6.45) is 2.46. The van der Waals surface area contributed by atoms with E-state index in [1.165, 1.54) is 13.3 Å². The van der Waals surface area contributed by atoms with Gasteiger partial charge in [0.05, 0.1) is 23.3 Å². The van der Waals surface area contributed by atoms with Gasteiger partial charge in [-0.3, -0.25) is 4.79 Å². The van der Waals surface area contributed by atoms with Gasteiger partial charge in [-0.15, -0.1) is 0 Å². The molecule has 24 heavy (non-hydrogen) atoms. The average Bonchev–Trinajstić information content (AvgIpc) is 3.09. The van der Waals surface area contributed by atoms with Gasteiger partial charge in [-0.25, -0.2) is 9.97 Å². The Hall–Kier alpha value is -2.50. The lowest BCUT2D eigenvalue weighted by Gasteiger charge is -2.17. The molecule has 1 aliphatic heterocycles. The van der Waals surface area contributed by atoms with E-state index >= 15 is 0 Å². The zero-order valence-electron chi connectivity index (χ0n) is 13.7. The lowest BCUT2D eigenvalue weighted by molar-refractivity contribution is -0.150. The molecule has 0 aliphatic carbocycles. The number of methoxy groups -OCH3 is 1. The molecule has 2 aromatic heterocycles. The molecule has 0 aromatic carbocycles. The molecule has 3 rings (SSSR count). The van der Waals surface area contributed by atoms with Crippen LogP contribution in [0.3, 0.4) is 0 Å². The summed E-state index contributed by atoms with van der Waals surface area (Å²) >= 11 is 0. The summed E-state index contributed by atoms with van der Waals surface area (Å²) in [6.45, 7) is 3.51. The molecule has 3 unspecified atom stereocenters. The van der Waals surface area contributed by atoms with Gasteiger partial charge in [-0.2, -0.15) is 5.26 Å². The highest BCUT2D eigenvalue weighted by molar-refractivity contribution is 5.85. The molecule has 8 nitrogen and oxygen atoms in total. The van der Waals surface area contributed by atoms with E-state index < -0.39 is 12.3 Å². The van der Waals surface area contributed by atoms with Gasteiger partial charge in [0.25, 0.3) is 0 Å². The number of ether oxygens (including phenoxy) is 3. The maximum atomic E-state index is 11.3. The van der Waals surface area contributed by atoms with Crippen molar-refractivity contribution in [3.05, 3.63) is 23.8 Å². The van der Waals surface area contributed by atoms with Crippen LogP contribution in [-0.2, 0) is 19.0 Å². The highest BCUT2D eigenvalue weighted by atomic mass is 16.6. The third kappa shape index (κ3) is 2.84. The van der Waals surface area contributed by atoms with Gasteiger partial charge in [0.15, 0.2) is 0 Å². The van der Waals surface area contributed by atoms with Crippen LogP contribution in [0.15, 0.2) is 12.5 Å². The van der Waals surface area contributed by atoms with Crippen LogP contribution in [0.1, 0.15) is 30.8 Å². The van der Waals surface area contributed by atoms with Crippen LogP contribution in [0.4, 0.5) is 0 Å². The molecule has 2 aromatic rings. The first-order valence-corrected chi connectivity index (χ1v) is 7.59. The summed E-state index contributed by atoms with van der Waals surface area (Å²) in [5.41, 5.74) is 1.85. The van der Waals surface area contributed by atoms with Crippen LogP contribution in [0.5, 0.6) is 0 Å². The minimum absolute atomic E-state index is 0.312. The van der Waals surface area contributed by atoms with Gasteiger partial charge < -0.3 is 18.8 Å². The fraction of sp³-hybridized carbons (Fsp3) is 0.500. The lowest BCUT2D eigenvalue weighted by atomic mass is 10.2. The Bertz CT molecular complexity index is 810. The Balaban J connectivity index is 1.98. The predicted molar refractivity (Wildman–Crippen MR) is 82.9 cm³/mol. The molecule has 126 valence electrons. The Morgan fingerprint density at radius 3 is 3.00 bits per heavy atom. The monoisotopic (exact) mass is 330 g/mol. The molecule has 8 heteroatoms. The molecule has 0 bridgehead atoms.